The van der Waals surface area contributed by atoms with Gasteiger partial charge in [-0.2, -0.15) is 0 Å². The topological polar surface area (TPSA) is 60.0 Å². The predicted molar refractivity (Wildman–Crippen MR) is 113 cm³/mol. The molecule has 0 unspecified atom stereocenters. The summed E-state index contributed by atoms with van der Waals surface area (Å²) in [7, 11) is 3.08. The van der Waals surface area contributed by atoms with Crippen LogP contribution in [0, 0.1) is 0 Å². The van der Waals surface area contributed by atoms with Crippen molar-refractivity contribution in [1.82, 2.24) is 10.2 Å². The van der Waals surface area contributed by atoms with E-state index in [0.717, 1.165) is 68.4 Å². The number of carbonyl (C=O) groups excluding carboxylic acids is 1. The summed E-state index contributed by atoms with van der Waals surface area (Å²) in [4.78, 5) is 14.1. The van der Waals surface area contributed by atoms with Gasteiger partial charge in [-0.05, 0) is 28.8 Å². The van der Waals surface area contributed by atoms with Gasteiger partial charge in [-0.3, -0.25) is 9.69 Å². The molecule has 2 aromatic carbocycles. The minimum absolute atomic E-state index is 0.244. The Morgan fingerprint density at radius 1 is 1.10 bits per heavy atom. The highest BCUT2D eigenvalue weighted by Crippen LogP contribution is 2.33. The van der Waals surface area contributed by atoms with Crippen molar-refractivity contribution < 1.29 is 19.0 Å². The summed E-state index contributed by atoms with van der Waals surface area (Å²) in [5.74, 6) is 0.540. The Morgan fingerprint density at radius 3 is 2.66 bits per heavy atom. The Hall–Kier alpha value is -2.41. The fourth-order valence-electron chi connectivity index (χ4n) is 3.54. The van der Waals surface area contributed by atoms with E-state index < -0.39 is 0 Å². The summed E-state index contributed by atoms with van der Waals surface area (Å²) in [6.07, 6.45) is 0.244. The van der Waals surface area contributed by atoms with Crippen LogP contribution < -0.4 is 10.1 Å². The second-order valence-corrected chi connectivity index (χ2v) is 7.08. The third-order valence-corrected chi connectivity index (χ3v) is 5.17. The molecule has 1 aliphatic rings. The van der Waals surface area contributed by atoms with Gasteiger partial charge in [0.1, 0.15) is 5.75 Å². The van der Waals surface area contributed by atoms with Crippen LogP contribution in [-0.2, 0) is 27.2 Å². The summed E-state index contributed by atoms with van der Waals surface area (Å²) in [5.41, 5.74) is 4.19. The monoisotopic (exact) mass is 398 g/mol. The lowest BCUT2D eigenvalue weighted by Crippen LogP contribution is -2.40. The number of morpholine rings is 1. The van der Waals surface area contributed by atoms with Crippen molar-refractivity contribution in [2.45, 2.75) is 13.0 Å². The molecule has 156 valence electrons. The van der Waals surface area contributed by atoms with Crippen LogP contribution in [0.2, 0.25) is 0 Å². The standard InChI is InChI=1S/C23H30N2O4/c1-27-22-8-7-18(16-23(26)28-2)15-21(22)20-6-4-3-5-19(20)17-24-9-10-25-11-13-29-14-12-25/h3-8,15,24H,9-14,16-17H2,1-2H3. The molecular weight excluding hydrogens is 368 g/mol. The number of hydrogen-bond donors (Lipinski definition) is 1. The predicted octanol–water partition coefficient (Wildman–Crippen LogP) is 2.50. The third kappa shape index (κ3) is 6.03. The molecule has 0 bridgehead atoms. The highest BCUT2D eigenvalue weighted by molar-refractivity contribution is 5.77. The normalized spacial score (nSPS) is 14.6. The van der Waals surface area contributed by atoms with E-state index in [2.05, 4.69) is 22.3 Å². The average Bonchev–Trinajstić information content (AvgIpc) is 2.77. The van der Waals surface area contributed by atoms with E-state index in [1.165, 1.54) is 12.7 Å². The summed E-state index contributed by atoms with van der Waals surface area (Å²) >= 11 is 0. The molecular formula is C23H30N2O4. The zero-order valence-electron chi connectivity index (χ0n) is 17.3. The highest BCUT2D eigenvalue weighted by Gasteiger charge is 2.13. The third-order valence-electron chi connectivity index (χ3n) is 5.17. The minimum atomic E-state index is -0.251. The maximum atomic E-state index is 11.7. The molecule has 0 aromatic heterocycles. The summed E-state index contributed by atoms with van der Waals surface area (Å²) in [6, 6.07) is 14.1. The minimum Gasteiger partial charge on any atom is -0.496 e. The molecule has 3 rings (SSSR count). The van der Waals surface area contributed by atoms with Gasteiger partial charge in [-0.1, -0.05) is 30.3 Å². The van der Waals surface area contributed by atoms with E-state index >= 15 is 0 Å². The van der Waals surface area contributed by atoms with E-state index in [1.807, 2.05) is 30.3 Å². The SMILES string of the molecule is COC(=O)Cc1ccc(OC)c(-c2ccccc2CNCCN2CCOCC2)c1. The number of methoxy groups -OCH3 is 2. The van der Waals surface area contributed by atoms with Gasteiger partial charge >= 0.3 is 5.97 Å². The number of rotatable bonds is 9. The number of carbonyl (C=O) groups is 1. The largest absolute Gasteiger partial charge is 0.496 e. The van der Waals surface area contributed by atoms with Crippen molar-refractivity contribution >= 4 is 5.97 Å². The molecule has 1 fully saturated rings. The molecule has 0 aliphatic carbocycles. The first-order valence-electron chi connectivity index (χ1n) is 10.0. The van der Waals surface area contributed by atoms with E-state index in [9.17, 15) is 4.79 Å². The quantitative estimate of drug-likeness (QED) is 0.517. The fourth-order valence-corrected chi connectivity index (χ4v) is 3.54. The zero-order chi connectivity index (χ0) is 20.5. The molecule has 1 heterocycles. The summed E-state index contributed by atoms with van der Waals surface area (Å²) in [5, 5.41) is 3.56. The van der Waals surface area contributed by atoms with Crippen molar-refractivity contribution in [2.75, 3.05) is 53.6 Å². The van der Waals surface area contributed by atoms with Crippen LogP contribution in [0.3, 0.4) is 0 Å². The average molecular weight is 399 g/mol. The maximum Gasteiger partial charge on any atom is 0.309 e. The van der Waals surface area contributed by atoms with Crippen LogP contribution in [-0.4, -0.2) is 64.5 Å². The first kappa shape index (κ1) is 21.3. The molecule has 1 aliphatic heterocycles. The number of esters is 1. The number of ether oxygens (including phenoxy) is 3. The van der Waals surface area contributed by atoms with Gasteiger partial charge in [0.15, 0.2) is 0 Å². The zero-order valence-corrected chi connectivity index (χ0v) is 17.3. The smallest absolute Gasteiger partial charge is 0.309 e. The molecule has 0 radical (unpaired) electrons. The van der Waals surface area contributed by atoms with Gasteiger partial charge < -0.3 is 19.5 Å². The van der Waals surface area contributed by atoms with Gasteiger partial charge in [-0.15, -0.1) is 0 Å². The van der Waals surface area contributed by atoms with Crippen LogP contribution in [0.1, 0.15) is 11.1 Å². The Labute approximate surface area is 172 Å². The number of benzene rings is 2. The number of nitrogens with zero attached hydrogens (tertiary/aromatic N) is 1. The number of nitrogens with one attached hydrogen (secondary N) is 1. The molecule has 0 spiro atoms. The Morgan fingerprint density at radius 2 is 1.90 bits per heavy atom. The lowest BCUT2D eigenvalue weighted by molar-refractivity contribution is -0.139. The molecule has 0 saturated carbocycles. The van der Waals surface area contributed by atoms with Gasteiger partial charge in [0.05, 0.1) is 33.9 Å². The van der Waals surface area contributed by atoms with Crippen molar-refractivity contribution in [2.24, 2.45) is 0 Å². The summed E-state index contributed by atoms with van der Waals surface area (Å²) in [6.45, 7) is 6.36. The maximum absolute atomic E-state index is 11.7. The molecule has 29 heavy (non-hydrogen) atoms. The Kier molecular flexibility index (Phi) is 8.04. The second-order valence-electron chi connectivity index (χ2n) is 7.08. The van der Waals surface area contributed by atoms with Crippen molar-refractivity contribution in [3.8, 4) is 16.9 Å². The molecule has 2 aromatic rings. The van der Waals surface area contributed by atoms with Crippen LogP contribution in [0.4, 0.5) is 0 Å². The lowest BCUT2D eigenvalue weighted by atomic mass is 9.96. The first-order chi connectivity index (χ1) is 14.2. The second kappa shape index (κ2) is 11.0. The molecule has 0 amide bonds. The molecule has 1 N–H and O–H groups in total. The van der Waals surface area contributed by atoms with E-state index in [-0.39, 0.29) is 12.4 Å². The lowest BCUT2D eigenvalue weighted by Gasteiger charge is -2.26. The van der Waals surface area contributed by atoms with E-state index in [1.54, 1.807) is 7.11 Å². The highest BCUT2D eigenvalue weighted by atomic mass is 16.5. The first-order valence-corrected chi connectivity index (χ1v) is 10.0. The van der Waals surface area contributed by atoms with Crippen LogP contribution in [0.25, 0.3) is 11.1 Å². The molecule has 0 atom stereocenters. The van der Waals surface area contributed by atoms with Crippen LogP contribution >= 0.6 is 0 Å². The van der Waals surface area contributed by atoms with E-state index in [0.29, 0.717) is 0 Å². The van der Waals surface area contributed by atoms with Gasteiger partial charge in [0.2, 0.25) is 0 Å². The van der Waals surface area contributed by atoms with E-state index in [4.69, 9.17) is 14.2 Å². The fraction of sp³-hybridized carbons (Fsp3) is 0.435. The molecule has 1 saturated heterocycles. The van der Waals surface area contributed by atoms with Crippen molar-refractivity contribution in [3.63, 3.8) is 0 Å². The van der Waals surface area contributed by atoms with Gasteiger partial charge in [0.25, 0.3) is 0 Å². The molecule has 6 heteroatoms. The Bertz CT molecular complexity index is 803. The van der Waals surface area contributed by atoms with Gasteiger partial charge in [0, 0.05) is 38.3 Å². The summed E-state index contributed by atoms with van der Waals surface area (Å²) < 4.78 is 15.8. The number of hydrogen-bond acceptors (Lipinski definition) is 6. The van der Waals surface area contributed by atoms with Crippen molar-refractivity contribution in [3.05, 3.63) is 53.6 Å². The molecule has 6 nitrogen and oxygen atoms in total. The van der Waals surface area contributed by atoms with Crippen LogP contribution in [0.15, 0.2) is 42.5 Å². The van der Waals surface area contributed by atoms with Crippen molar-refractivity contribution in [1.29, 1.82) is 0 Å². The Balaban J connectivity index is 1.71. The van der Waals surface area contributed by atoms with Crippen LogP contribution in [0.5, 0.6) is 5.75 Å². The van der Waals surface area contributed by atoms with Gasteiger partial charge in [-0.25, -0.2) is 0 Å².